The second kappa shape index (κ2) is 4.12. The first-order chi connectivity index (χ1) is 7.16. The lowest BCUT2D eigenvalue weighted by molar-refractivity contribution is -0.141. The molecule has 1 aromatic rings. The van der Waals surface area contributed by atoms with Crippen LogP contribution in [0.1, 0.15) is 13.8 Å². The Balaban J connectivity index is 1.80. The van der Waals surface area contributed by atoms with Crippen LogP contribution in [-0.2, 0) is 9.47 Å². The third kappa shape index (κ3) is 2.87. The van der Waals surface area contributed by atoms with E-state index in [1.165, 1.54) is 6.33 Å². The lowest BCUT2D eigenvalue weighted by atomic mass is 10.4. The van der Waals surface area contributed by atoms with Crippen molar-refractivity contribution < 1.29 is 14.2 Å². The Bertz CT molecular complexity index is 316. The van der Waals surface area contributed by atoms with Gasteiger partial charge < -0.3 is 14.2 Å². The summed E-state index contributed by atoms with van der Waals surface area (Å²) in [5.74, 6) is 0.0537. The van der Waals surface area contributed by atoms with Crippen molar-refractivity contribution in [3.05, 3.63) is 18.6 Å². The summed E-state index contributed by atoms with van der Waals surface area (Å²) in [6.07, 6.45) is 3.05. The van der Waals surface area contributed by atoms with E-state index in [0.29, 0.717) is 19.1 Å². The molecule has 1 aliphatic rings. The highest BCUT2D eigenvalue weighted by Crippen LogP contribution is 2.22. The highest BCUT2D eigenvalue weighted by Gasteiger charge is 2.32. The molecule has 0 spiro atoms. The van der Waals surface area contributed by atoms with E-state index in [-0.39, 0.29) is 6.10 Å². The minimum Gasteiger partial charge on any atom is -0.475 e. The summed E-state index contributed by atoms with van der Waals surface area (Å²) >= 11 is 0. The summed E-state index contributed by atoms with van der Waals surface area (Å²) in [5, 5.41) is 0. The summed E-state index contributed by atoms with van der Waals surface area (Å²) in [5.41, 5.74) is 0. The number of ether oxygens (including phenoxy) is 3. The zero-order valence-electron chi connectivity index (χ0n) is 8.84. The molecule has 1 aliphatic heterocycles. The molecule has 0 N–H and O–H groups in total. The quantitative estimate of drug-likeness (QED) is 0.745. The lowest BCUT2D eigenvalue weighted by Gasteiger charge is -2.17. The first-order valence-corrected chi connectivity index (χ1v) is 4.86. The molecular weight excluding hydrogens is 196 g/mol. The Morgan fingerprint density at radius 1 is 1.60 bits per heavy atom. The van der Waals surface area contributed by atoms with Gasteiger partial charge in [-0.2, -0.15) is 0 Å². The van der Waals surface area contributed by atoms with E-state index in [1.807, 2.05) is 13.8 Å². The van der Waals surface area contributed by atoms with Gasteiger partial charge in [-0.1, -0.05) is 0 Å². The van der Waals surface area contributed by atoms with E-state index in [4.69, 9.17) is 14.2 Å². The van der Waals surface area contributed by atoms with E-state index >= 15 is 0 Å². The van der Waals surface area contributed by atoms with Crippen molar-refractivity contribution in [2.45, 2.75) is 25.7 Å². The van der Waals surface area contributed by atoms with Crippen LogP contribution < -0.4 is 4.74 Å². The van der Waals surface area contributed by atoms with Crippen LogP contribution in [0.25, 0.3) is 0 Å². The Kier molecular flexibility index (Phi) is 2.83. The molecule has 0 bridgehead atoms. The van der Waals surface area contributed by atoms with Crippen LogP contribution >= 0.6 is 0 Å². The zero-order valence-corrected chi connectivity index (χ0v) is 8.84. The van der Waals surface area contributed by atoms with Gasteiger partial charge in [-0.3, -0.25) is 0 Å². The van der Waals surface area contributed by atoms with Gasteiger partial charge in [0, 0.05) is 12.3 Å². The van der Waals surface area contributed by atoms with Crippen LogP contribution in [0, 0.1) is 0 Å². The first kappa shape index (κ1) is 10.3. The molecule has 5 heteroatoms. The van der Waals surface area contributed by atoms with Crippen molar-refractivity contribution in [3.8, 4) is 5.88 Å². The van der Waals surface area contributed by atoms with Gasteiger partial charge >= 0.3 is 0 Å². The summed E-state index contributed by atoms with van der Waals surface area (Å²) in [6.45, 7) is 4.77. The fourth-order valence-electron chi connectivity index (χ4n) is 1.39. The molecule has 15 heavy (non-hydrogen) atoms. The zero-order chi connectivity index (χ0) is 10.7. The van der Waals surface area contributed by atoms with Gasteiger partial charge in [0.2, 0.25) is 5.88 Å². The third-order valence-electron chi connectivity index (χ3n) is 2.04. The molecule has 2 rings (SSSR count). The van der Waals surface area contributed by atoms with Crippen LogP contribution in [0.15, 0.2) is 18.6 Å². The summed E-state index contributed by atoms with van der Waals surface area (Å²) < 4.78 is 16.4. The second-order valence-electron chi connectivity index (χ2n) is 3.81. The Morgan fingerprint density at radius 2 is 2.47 bits per heavy atom. The van der Waals surface area contributed by atoms with Gasteiger partial charge in [0.1, 0.15) is 19.0 Å². The summed E-state index contributed by atoms with van der Waals surface area (Å²) in [4.78, 5) is 7.75. The number of rotatable bonds is 3. The SMILES string of the molecule is CC1(C)OC[C@H](COc2ccncn2)O1. The number of nitrogens with zero attached hydrogens (tertiary/aromatic N) is 2. The largest absolute Gasteiger partial charge is 0.475 e. The van der Waals surface area contributed by atoms with E-state index in [0.717, 1.165) is 0 Å². The van der Waals surface area contributed by atoms with Crippen molar-refractivity contribution in [2.75, 3.05) is 13.2 Å². The predicted octanol–water partition coefficient (Wildman–Crippen LogP) is 1.01. The molecular formula is C10H14N2O3. The number of hydrogen-bond acceptors (Lipinski definition) is 5. The van der Waals surface area contributed by atoms with Crippen molar-refractivity contribution in [3.63, 3.8) is 0 Å². The highest BCUT2D eigenvalue weighted by molar-refractivity contribution is 5.04. The van der Waals surface area contributed by atoms with E-state index in [9.17, 15) is 0 Å². The standard InChI is InChI=1S/C10H14N2O3/c1-10(2)14-6-8(15-10)5-13-9-3-4-11-7-12-9/h3-4,7-8H,5-6H2,1-2H3/t8-/m0/s1. The van der Waals surface area contributed by atoms with Crippen molar-refractivity contribution in [2.24, 2.45) is 0 Å². The molecule has 2 heterocycles. The van der Waals surface area contributed by atoms with E-state index in [2.05, 4.69) is 9.97 Å². The van der Waals surface area contributed by atoms with Crippen LogP contribution in [0.5, 0.6) is 5.88 Å². The second-order valence-corrected chi connectivity index (χ2v) is 3.81. The number of aromatic nitrogens is 2. The third-order valence-corrected chi connectivity index (χ3v) is 2.04. The molecule has 1 saturated heterocycles. The Morgan fingerprint density at radius 3 is 3.07 bits per heavy atom. The smallest absolute Gasteiger partial charge is 0.216 e. The van der Waals surface area contributed by atoms with Crippen LogP contribution in [-0.4, -0.2) is 35.1 Å². The average molecular weight is 210 g/mol. The minimum absolute atomic E-state index is 0.0324. The fraction of sp³-hybridized carbons (Fsp3) is 0.600. The highest BCUT2D eigenvalue weighted by atomic mass is 16.7. The summed E-state index contributed by atoms with van der Waals surface area (Å²) in [6, 6.07) is 1.71. The topological polar surface area (TPSA) is 53.5 Å². The maximum atomic E-state index is 5.58. The average Bonchev–Trinajstić information content (AvgIpc) is 2.57. The van der Waals surface area contributed by atoms with Crippen LogP contribution in [0.2, 0.25) is 0 Å². The monoisotopic (exact) mass is 210 g/mol. The van der Waals surface area contributed by atoms with Crippen LogP contribution in [0.4, 0.5) is 0 Å². The van der Waals surface area contributed by atoms with E-state index < -0.39 is 5.79 Å². The molecule has 82 valence electrons. The maximum Gasteiger partial charge on any atom is 0.216 e. The molecule has 0 aliphatic carbocycles. The number of hydrogen-bond donors (Lipinski definition) is 0. The van der Waals surface area contributed by atoms with Crippen molar-refractivity contribution in [1.29, 1.82) is 0 Å². The molecule has 1 aromatic heterocycles. The lowest BCUT2D eigenvalue weighted by Crippen LogP contribution is -2.25. The fourth-order valence-corrected chi connectivity index (χ4v) is 1.39. The van der Waals surface area contributed by atoms with Gasteiger partial charge in [0.25, 0.3) is 0 Å². The molecule has 0 radical (unpaired) electrons. The predicted molar refractivity (Wildman–Crippen MR) is 52.4 cm³/mol. The molecule has 1 atom stereocenters. The Hall–Kier alpha value is -1.20. The molecule has 0 unspecified atom stereocenters. The molecule has 1 fully saturated rings. The van der Waals surface area contributed by atoms with Crippen LogP contribution in [0.3, 0.4) is 0 Å². The Labute approximate surface area is 88.4 Å². The van der Waals surface area contributed by atoms with E-state index in [1.54, 1.807) is 12.3 Å². The van der Waals surface area contributed by atoms with Crippen molar-refractivity contribution >= 4 is 0 Å². The van der Waals surface area contributed by atoms with Gasteiger partial charge in [0.15, 0.2) is 5.79 Å². The molecule has 0 saturated carbocycles. The molecule has 5 nitrogen and oxygen atoms in total. The van der Waals surface area contributed by atoms with Gasteiger partial charge in [-0.15, -0.1) is 0 Å². The van der Waals surface area contributed by atoms with Gasteiger partial charge in [-0.05, 0) is 13.8 Å². The van der Waals surface area contributed by atoms with Crippen molar-refractivity contribution in [1.82, 2.24) is 9.97 Å². The molecule has 0 amide bonds. The maximum absolute atomic E-state index is 5.58. The normalized spacial score (nSPS) is 24.0. The minimum atomic E-state index is -0.500. The van der Waals surface area contributed by atoms with Gasteiger partial charge in [-0.25, -0.2) is 9.97 Å². The van der Waals surface area contributed by atoms with Gasteiger partial charge in [0.05, 0.1) is 6.61 Å². The molecule has 0 aromatic carbocycles. The summed E-state index contributed by atoms with van der Waals surface area (Å²) in [7, 11) is 0. The first-order valence-electron chi connectivity index (χ1n) is 4.86.